The Morgan fingerprint density at radius 2 is 2.15 bits per heavy atom. The zero-order chi connectivity index (χ0) is 18.7. The number of carbonyl (C=O) groups excluding carboxylic acids is 1. The summed E-state index contributed by atoms with van der Waals surface area (Å²) in [5, 5.41) is 11.8. The molecule has 2 aromatic heterocycles. The molecule has 1 aliphatic rings. The summed E-state index contributed by atoms with van der Waals surface area (Å²) in [5.41, 5.74) is 0.349. The Labute approximate surface area is 149 Å². The van der Waals surface area contributed by atoms with Gasteiger partial charge in [-0.1, -0.05) is 0 Å². The van der Waals surface area contributed by atoms with E-state index in [0.717, 1.165) is 6.42 Å². The monoisotopic (exact) mass is 356 g/mol. The molecule has 1 saturated carbocycles. The normalized spacial score (nSPS) is 15.1. The van der Waals surface area contributed by atoms with Gasteiger partial charge in [-0.2, -0.15) is 0 Å². The Balaban J connectivity index is 1.77. The van der Waals surface area contributed by atoms with E-state index in [1.807, 2.05) is 0 Å². The molecule has 1 amide bonds. The van der Waals surface area contributed by atoms with Crippen LogP contribution in [0.2, 0.25) is 0 Å². The fourth-order valence-corrected chi connectivity index (χ4v) is 3.20. The SMILES string of the molecule is Cc1nc(-c2cccnc2)[nH]c(=O)c1CC(=O)NC1(CC(=O)O)CCC1. The molecular formula is C18H20N4O4. The lowest BCUT2D eigenvalue weighted by Gasteiger charge is -2.41. The van der Waals surface area contributed by atoms with Crippen LogP contribution in [0.5, 0.6) is 0 Å². The maximum atomic E-state index is 12.4. The van der Waals surface area contributed by atoms with E-state index in [4.69, 9.17) is 5.11 Å². The minimum absolute atomic E-state index is 0.105. The molecule has 0 aliphatic heterocycles. The van der Waals surface area contributed by atoms with Crippen molar-refractivity contribution in [3.63, 3.8) is 0 Å². The zero-order valence-electron chi connectivity index (χ0n) is 14.4. The number of aryl methyl sites for hydroxylation is 1. The van der Waals surface area contributed by atoms with E-state index < -0.39 is 11.5 Å². The number of aromatic amines is 1. The molecule has 0 spiro atoms. The van der Waals surface area contributed by atoms with Crippen molar-refractivity contribution in [3.8, 4) is 11.4 Å². The van der Waals surface area contributed by atoms with Crippen molar-refractivity contribution in [2.45, 2.75) is 44.6 Å². The highest BCUT2D eigenvalue weighted by Gasteiger charge is 2.40. The Kier molecular flexibility index (Phi) is 4.83. The van der Waals surface area contributed by atoms with Crippen LogP contribution in [0, 0.1) is 6.92 Å². The van der Waals surface area contributed by atoms with Gasteiger partial charge in [-0.3, -0.25) is 19.4 Å². The van der Waals surface area contributed by atoms with Crippen LogP contribution in [0.25, 0.3) is 11.4 Å². The third kappa shape index (κ3) is 3.79. The van der Waals surface area contributed by atoms with E-state index >= 15 is 0 Å². The standard InChI is InChI=1S/C18H20N4O4/c1-11-13(8-14(23)22-18(5-3-6-18)9-15(24)25)17(26)21-16(20-11)12-4-2-7-19-10-12/h2,4,7,10H,3,5-6,8-9H2,1H3,(H,22,23)(H,24,25)(H,20,21,26). The number of carboxylic acid groups (broad SMARTS) is 1. The van der Waals surface area contributed by atoms with E-state index in [2.05, 4.69) is 20.3 Å². The quantitative estimate of drug-likeness (QED) is 0.714. The first-order chi connectivity index (χ1) is 12.4. The largest absolute Gasteiger partial charge is 0.481 e. The first-order valence-corrected chi connectivity index (χ1v) is 8.41. The number of aromatic nitrogens is 3. The minimum atomic E-state index is -0.943. The summed E-state index contributed by atoms with van der Waals surface area (Å²) in [6, 6.07) is 3.52. The van der Waals surface area contributed by atoms with Crippen LogP contribution in [0.1, 0.15) is 36.9 Å². The number of nitrogens with zero attached hydrogens (tertiary/aromatic N) is 2. The Morgan fingerprint density at radius 1 is 1.38 bits per heavy atom. The zero-order valence-corrected chi connectivity index (χ0v) is 14.4. The topological polar surface area (TPSA) is 125 Å². The molecule has 2 heterocycles. The van der Waals surface area contributed by atoms with Crippen LogP contribution in [0.4, 0.5) is 0 Å². The average molecular weight is 356 g/mol. The van der Waals surface area contributed by atoms with Gasteiger partial charge in [0.2, 0.25) is 5.91 Å². The van der Waals surface area contributed by atoms with Crippen LogP contribution in [-0.2, 0) is 16.0 Å². The number of carboxylic acids is 1. The molecule has 1 aliphatic carbocycles. The summed E-state index contributed by atoms with van der Waals surface area (Å²) in [4.78, 5) is 46.8. The van der Waals surface area contributed by atoms with Gasteiger partial charge in [0.1, 0.15) is 5.82 Å². The van der Waals surface area contributed by atoms with Crippen LogP contribution < -0.4 is 10.9 Å². The van der Waals surface area contributed by atoms with E-state index in [9.17, 15) is 14.4 Å². The Bertz CT molecular complexity index is 888. The van der Waals surface area contributed by atoms with Crippen LogP contribution in [0.3, 0.4) is 0 Å². The summed E-state index contributed by atoms with van der Waals surface area (Å²) >= 11 is 0. The molecular weight excluding hydrogens is 336 g/mol. The second-order valence-corrected chi connectivity index (χ2v) is 6.65. The lowest BCUT2D eigenvalue weighted by molar-refractivity contribution is -0.140. The van der Waals surface area contributed by atoms with Crippen LogP contribution in [-0.4, -0.2) is 37.5 Å². The second-order valence-electron chi connectivity index (χ2n) is 6.65. The highest BCUT2D eigenvalue weighted by molar-refractivity contribution is 5.81. The van der Waals surface area contributed by atoms with E-state index in [1.165, 1.54) is 0 Å². The predicted octanol–water partition coefficient (Wildman–Crippen LogP) is 1.20. The molecule has 0 saturated heterocycles. The maximum absolute atomic E-state index is 12.4. The second kappa shape index (κ2) is 7.07. The van der Waals surface area contributed by atoms with Gasteiger partial charge in [-0.25, -0.2) is 4.98 Å². The number of pyridine rings is 1. The van der Waals surface area contributed by atoms with E-state index in [0.29, 0.717) is 29.9 Å². The van der Waals surface area contributed by atoms with Crippen molar-refractivity contribution in [2.24, 2.45) is 0 Å². The summed E-state index contributed by atoms with van der Waals surface area (Å²) in [7, 11) is 0. The maximum Gasteiger partial charge on any atom is 0.305 e. The molecule has 136 valence electrons. The third-order valence-electron chi connectivity index (χ3n) is 4.70. The molecule has 3 N–H and O–H groups in total. The molecule has 0 bridgehead atoms. The van der Waals surface area contributed by atoms with E-state index in [-0.39, 0.29) is 29.9 Å². The van der Waals surface area contributed by atoms with Gasteiger partial charge in [0, 0.05) is 29.2 Å². The van der Waals surface area contributed by atoms with Crippen molar-refractivity contribution >= 4 is 11.9 Å². The van der Waals surface area contributed by atoms with Crippen LogP contribution >= 0.6 is 0 Å². The number of nitrogens with one attached hydrogen (secondary N) is 2. The van der Waals surface area contributed by atoms with Crippen molar-refractivity contribution in [1.29, 1.82) is 0 Å². The molecule has 26 heavy (non-hydrogen) atoms. The predicted molar refractivity (Wildman–Crippen MR) is 93.5 cm³/mol. The Morgan fingerprint density at radius 3 is 2.69 bits per heavy atom. The number of hydrogen-bond acceptors (Lipinski definition) is 5. The number of aliphatic carboxylic acids is 1. The highest BCUT2D eigenvalue weighted by atomic mass is 16.4. The minimum Gasteiger partial charge on any atom is -0.481 e. The molecule has 2 aromatic rings. The third-order valence-corrected chi connectivity index (χ3v) is 4.70. The van der Waals surface area contributed by atoms with Crippen molar-refractivity contribution < 1.29 is 14.7 Å². The average Bonchev–Trinajstić information content (AvgIpc) is 2.56. The smallest absolute Gasteiger partial charge is 0.305 e. The first-order valence-electron chi connectivity index (χ1n) is 8.41. The van der Waals surface area contributed by atoms with Gasteiger partial charge in [-0.15, -0.1) is 0 Å². The summed E-state index contributed by atoms with van der Waals surface area (Å²) < 4.78 is 0. The van der Waals surface area contributed by atoms with Gasteiger partial charge in [0.15, 0.2) is 0 Å². The number of amides is 1. The lowest BCUT2D eigenvalue weighted by Crippen LogP contribution is -2.55. The Hall–Kier alpha value is -3.03. The molecule has 0 radical (unpaired) electrons. The van der Waals surface area contributed by atoms with Gasteiger partial charge in [-0.05, 0) is 38.3 Å². The number of carbonyl (C=O) groups is 2. The lowest BCUT2D eigenvalue weighted by atomic mass is 9.74. The fourth-order valence-electron chi connectivity index (χ4n) is 3.20. The van der Waals surface area contributed by atoms with Crippen LogP contribution in [0.15, 0.2) is 29.3 Å². The van der Waals surface area contributed by atoms with E-state index in [1.54, 1.807) is 31.5 Å². The summed E-state index contributed by atoms with van der Waals surface area (Å²) in [5.74, 6) is -0.914. The molecule has 0 atom stereocenters. The van der Waals surface area contributed by atoms with Crippen molar-refractivity contribution in [1.82, 2.24) is 20.3 Å². The molecule has 8 heteroatoms. The molecule has 0 aromatic carbocycles. The first kappa shape index (κ1) is 17.8. The number of H-pyrrole nitrogens is 1. The molecule has 1 fully saturated rings. The van der Waals surface area contributed by atoms with Gasteiger partial charge >= 0.3 is 5.97 Å². The number of rotatable bonds is 6. The molecule has 0 unspecified atom stereocenters. The number of hydrogen-bond donors (Lipinski definition) is 3. The van der Waals surface area contributed by atoms with Crippen molar-refractivity contribution in [3.05, 3.63) is 46.1 Å². The summed E-state index contributed by atoms with van der Waals surface area (Å²) in [6.45, 7) is 1.67. The molecule has 8 nitrogen and oxygen atoms in total. The summed E-state index contributed by atoms with van der Waals surface area (Å²) in [6.07, 6.45) is 5.14. The molecule has 3 rings (SSSR count). The van der Waals surface area contributed by atoms with Gasteiger partial charge < -0.3 is 15.4 Å². The van der Waals surface area contributed by atoms with Gasteiger partial charge in [0.25, 0.3) is 5.56 Å². The van der Waals surface area contributed by atoms with Gasteiger partial charge in [0.05, 0.1) is 18.4 Å². The van der Waals surface area contributed by atoms with Crippen molar-refractivity contribution in [2.75, 3.05) is 0 Å². The highest BCUT2D eigenvalue weighted by Crippen LogP contribution is 2.35. The fraction of sp³-hybridized carbons (Fsp3) is 0.389.